The molecule has 0 aliphatic heterocycles. The molecule has 0 heterocycles. The molecule has 1 aliphatic rings. The number of nitrogens with one attached hydrogen (secondary N) is 1. The molecule has 3 aromatic carbocycles. The van der Waals surface area contributed by atoms with Crippen LogP contribution in [0.15, 0.2) is 91.0 Å². The highest BCUT2D eigenvalue weighted by atomic mass is 79.9. The summed E-state index contributed by atoms with van der Waals surface area (Å²) in [5.74, 6) is 6.67. The third kappa shape index (κ3) is 3.78. The summed E-state index contributed by atoms with van der Waals surface area (Å²) in [6, 6.07) is 32.5. The molecule has 1 nitrogen and oxygen atoms in total. The summed E-state index contributed by atoms with van der Waals surface area (Å²) in [6.07, 6.45) is 3.15. The van der Waals surface area contributed by atoms with Crippen molar-refractivity contribution in [1.82, 2.24) is 5.32 Å². The molecule has 4 rings (SSSR count). The average molecular weight is 430 g/mol. The Morgan fingerprint density at radius 1 is 0.750 bits per heavy atom. The van der Waals surface area contributed by atoms with Gasteiger partial charge in [0, 0.05) is 12.5 Å². The van der Waals surface area contributed by atoms with E-state index in [-0.39, 0.29) is 10.9 Å². The Morgan fingerprint density at radius 3 is 1.68 bits per heavy atom. The van der Waals surface area contributed by atoms with Crippen molar-refractivity contribution in [3.8, 4) is 11.8 Å². The predicted octanol–water partition coefficient (Wildman–Crippen LogP) is 5.89. The fourth-order valence-corrected chi connectivity index (χ4v) is 4.62. The van der Waals surface area contributed by atoms with Gasteiger partial charge in [0.1, 0.15) is 0 Å². The van der Waals surface area contributed by atoms with Crippen molar-refractivity contribution in [3.63, 3.8) is 0 Å². The van der Waals surface area contributed by atoms with Crippen LogP contribution in [0.5, 0.6) is 0 Å². The van der Waals surface area contributed by atoms with E-state index in [1.165, 1.54) is 16.7 Å². The minimum atomic E-state index is -0.438. The van der Waals surface area contributed by atoms with Crippen LogP contribution in [0.25, 0.3) is 0 Å². The first-order valence-electron chi connectivity index (χ1n) is 9.87. The van der Waals surface area contributed by atoms with Gasteiger partial charge < -0.3 is 0 Å². The van der Waals surface area contributed by atoms with Crippen molar-refractivity contribution in [1.29, 1.82) is 0 Å². The summed E-state index contributed by atoms with van der Waals surface area (Å²) in [5, 5.41) is 4.06. The molecular formula is C26H24BrN. The lowest BCUT2D eigenvalue weighted by molar-refractivity contribution is 0.380. The van der Waals surface area contributed by atoms with Crippen LogP contribution >= 0.6 is 15.9 Å². The summed E-state index contributed by atoms with van der Waals surface area (Å²) in [7, 11) is 0. The molecule has 2 unspecified atom stereocenters. The highest BCUT2D eigenvalue weighted by molar-refractivity contribution is 9.09. The van der Waals surface area contributed by atoms with Gasteiger partial charge in [-0.25, -0.2) is 0 Å². The molecule has 0 saturated heterocycles. The highest BCUT2D eigenvalue weighted by Gasteiger charge is 2.39. The first-order chi connectivity index (χ1) is 13.8. The molecule has 0 radical (unpaired) electrons. The smallest absolute Gasteiger partial charge is 0.0950 e. The molecule has 0 saturated carbocycles. The summed E-state index contributed by atoms with van der Waals surface area (Å²) in [6.45, 7) is 0. The topological polar surface area (TPSA) is 12.0 Å². The molecule has 3 aromatic rings. The minimum absolute atomic E-state index is 0.130. The van der Waals surface area contributed by atoms with E-state index in [1.807, 2.05) is 0 Å². The van der Waals surface area contributed by atoms with E-state index in [0.29, 0.717) is 0 Å². The number of halogens is 1. The monoisotopic (exact) mass is 429 g/mol. The zero-order valence-corrected chi connectivity index (χ0v) is 17.4. The van der Waals surface area contributed by atoms with E-state index in [4.69, 9.17) is 0 Å². The summed E-state index contributed by atoms with van der Waals surface area (Å²) >= 11 is 3.84. The van der Waals surface area contributed by atoms with Gasteiger partial charge in [0.2, 0.25) is 0 Å². The van der Waals surface area contributed by atoms with Crippen molar-refractivity contribution in [2.75, 3.05) is 0 Å². The number of hydrogen-bond acceptors (Lipinski definition) is 1. The second kappa shape index (κ2) is 8.78. The van der Waals surface area contributed by atoms with Gasteiger partial charge in [-0.15, -0.1) is 5.92 Å². The van der Waals surface area contributed by atoms with Gasteiger partial charge in [-0.3, -0.25) is 5.32 Å². The molecule has 1 N–H and O–H groups in total. The fourth-order valence-electron chi connectivity index (χ4n) is 4.06. The van der Waals surface area contributed by atoms with Gasteiger partial charge in [-0.1, -0.05) is 113 Å². The van der Waals surface area contributed by atoms with Crippen molar-refractivity contribution in [2.45, 2.75) is 35.7 Å². The Labute approximate surface area is 176 Å². The zero-order chi connectivity index (χ0) is 19.2. The molecule has 0 fully saturated rings. The second-order valence-corrected chi connectivity index (χ2v) is 8.20. The van der Waals surface area contributed by atoms with Crippen LogP contribution in [0.2, 0.25) is 0 Å². The van der Waals surface area contributed by atoms with Crippen LogP contribution in [0.4, 0.5) is 0 Å². The summed E-state index contributed by atoms with van der Waals surface area (Å²) in [4.78, 5) is 0.130. The molecule has 28 heavy (non-hydrogen) atoms. The van der Waals surface area contributed by atoms with Gasteiger partial charge in [0.05, 0.1) is 10.4 Å². The van der Waals surface area contributed by atoms with Crippen molar-refractivity contribution in [2.24, 2.45) is 0 Å². The van der Waals surface area contributed by atoms with Crippen molar-refractivity contribution in [3.05, 3.63) is 108 Å². The van der Waals surface area contributed by atoms with Crippen LogP contribution in [-0.2, 0) is 5.54 Å². The Balaban J connectivity index is 1.92. The minimum Gasteiger partial charge on any atom is -0.295 e. The average Bonchev–Trinajstić information content (AvgIpc) is 2.98. The van der Waals surface area contributed by atoms with Crippen molar-refractivity contribution >= 4 is 15.9 Å². The summed E-state index contributed by atoms with van der Waals surface area (Å²) in [5.41, 5.74) is 3.28. The van der Waals surface area contributed by atoms with Gasteiger partial charge in [-0.2, -0.15) is 0 Å². The normalized spacial score (nSPS) is 19.3. The van der Waals surface area contributed by atoms with Gasteiger partial charge in [0.25, 0.3) is 0 Å². The first-order valence-corrected chi connectivity index (χ1v) is 10.8. The van der Waals surface area contributed by atoms with E-state index in [2.05, 4.69) is 124 Å². The molecule has 140 valence electrons. The van der Waals surface area contributed by atoms with Gasteiger partial charge >= 0.3 is 0 Å². The number of hydrogen-bond donors (Lipinski definition) is 1. The lowest BCUT2D eigenvalue weighted by Gasteiger charge is -2.40. The lowest BCUT2D eigenvalue weighted by atomic mass is 9.76. The Hall–Kier alpha value is -2.34. The molecule has 0 amide bonds. The summed E-state index contributed by atoms with van der Waals surface area (Å²) < 4.78 is 0. The number of alkyl halides is 1. The van der Waals surface area contributed by atoms with E-state index in [1.54, 1.807) is 0 Å². The second-order valence-electron chi connectivity index (χ2n) is 7.21. The fraction of sp³-hybridized carbons (Fsp3) is 0.231. The Kier molecular flexibility index (Phi) is 5.95. The van der Waals surface area contributed by atoms with E-state index < -0.39 is 5.54 Å². The predicted molar refractivity (Wildman–Crippen MR) is 120 cm³/mol. The van der Waals surface area contributed by atoms with Crippen LogP contribution in [0, 0.1) is 11.8 Å². The van der Waals surface area contributed by atoms with Crippen molar-refractivity contribution < 1.29 is 0 Å². The molecule has 2 heteroatoms. The third-order valence-electron chi connectivity index (χ3n) is 5.43. The first kappa shape index (κ1) is 19.0. The quantitative estimate of drug-likeness (QED) is 0.303. The highest BCUT2D eigenvalue weighted by Crippen LogP contribution is 2.38. The van der Waals surface area contributed by atoms with Crippen LogP contribution in [-0.4, -0.2) is 10.9 Å². The number of rotatable bonds is 5. The molecule has 0 aromatic heterocycles. The molecule has 0 bridgehead atoms. The van der Waals surface area contributed by atoms with Crippen LogP contribution < -0.4 is 5.32 Å². The maximum Gasteiger partial charge on any atom is 0.0950 e. The third-order valence-corrected chi connectivity index (χ3v) is 6.30. The maximum absolute atomic E-state index is 4.06. The molecule has 2 atom stereocenters. The Morgan fingerprint density at radius 2 is 1.21 bits per heavy atom. The van der Waals surface area contributed by atoms with E-state index in [0.717, 1.165) is 19.3 Å². The van der Waals surface area contributed by atoms with E-state index in [9.17, 15) is 0 Å². The van der Waals surface area contributed by atoms with Crippen LogP contribution in [0.1, 0.15) is 36.0 Å². The molecular weight excluding hydrogens is 406 g/mol. The number of benzene rings is 3. The maximum atomic E-state index is 4.06. The molecule has 1 aliphatic carbocycles. The van der Waals surface area contributed by atoms with Gasteiger partial charge in [-0.05, 0) is 29.5 Å². The zero-order valence-electron chi connectivity index (χ0n) is 15.8. The lowest BCUT2D eigenvalue weighted by Crippen LogP contribution is -2.52. The van der Waals surface area contributed by atoms with Crippen LogP contribution in [0.3, 0.4) is 0 Å². The standard InChI is InChI=1S/C26H24BrN/c27-24-19-11-4-12-20-25(24)28-26(21-13-5-1-6-14-21,22-15-7-2-8-16-22)23-17-9-3-10-18-23/h1-3,5-10,13-18,24-25,28H,4,12,20H2. The SMILES string of the molecule is BrC1C#CCCCC1NC(c1ccccc1)(c1ccccc1)c1ccccc1. The Bertz CT molecular complexity index is 845. The largest absolute Gasteiger partial charge is 0.295 e. The van der Waals surface area contributed by atoms with E-state index >= 15 is 0 Å². The molecule has 0 spiro atoms. The van der Waals surface area contributed by atoms with Gasteiger partial charge in [0.15, 0.2) is 0 Å².